The van der Waals surface area contributed by atoms with Crippen LogP contribution in [-0.4, -0.2) is 10.1 Å². The molecule has 5 heteroatoms. The van der Waals surface area contributed by atoms with Gasteiger partial charge in [0.05, 0.1) is 6.61 Å². The molecule has 1 aromatic heterocycles. The fourth-order valence-corrected chi connectivity index (χ4v) is 2.03. The predicted molar refractivity (Wildman–Crippen MR) is 70.6 cm³/mol. The third kappa shape index (κ3) is 2.72. The lowest BCUT2D eigenvalue weighted by atomic mass is 10.1. The van der Waals surface area contributed by atoms with Crippen LogP contribution >= 0.6 is 34.8 Å². The minimum Gasteiger partial charge on any atom is -0.392 e. The van der Waals surface area contributed by atoms with Crippen molar-refractivity contribution in [1.29, 1.82) is 0 Å². The van der Waals surface area contributed by atoms with Gasteiger partial charge in [0.2, 0.25) is 0 Å². The molecule has 1 N–H and O–H groups in total. The van der Waals surface area contributed by atoms with Crippen molar-refractivity contribution in [3.05, 3.63) is 51.2 Å². The van der Waals surface area contributed by atoms with Gasteiger partial charge in [-0.1, -0.05) is 34.8 Å². The molecule has 2 rings (SSSR count). The first kappa shape index (κ1) is 12.7. The number of aliphatic hydroxyl groups is 1. The van der Waals surface area contributed by atoms with Crippen molar-refractivity contribution < 1.29 is 5.11 Å². The molecule has 0 spiro atoms. The van der Waals surface area contributed by atoms with Crippen molar-refractivity contribution in [3.8, 4) is 11.1 Å². The van der Waals surface area contributed by atoms with Gasteiger partial charge in [-0.25, -0.2) is 4.98 Å². The molecule has 0 fully saturated rings. The summed E-state index contributed by atoms with van der Waals surface area (Å²) in [6, 6.07) is 6.92. The summed E-state index contributed by atoms with van der Waals surface area (Å²) in [7, 11) is 0. The van der Waals surface area contributed by atoms with Crippen molar-refractivity contribution in [2.75, 3.05) is 0 Å². The molecule has 88 valence electrons. The number of nitrogens with zero attached hydrogens (tertiary/aromatic N) is 1. The van der Waals surface area contributed by atoms with Crippen molar-refractivity contribution in [1.82, 2.24) is 4.98 Å². The normalized spacial score (nSPS) is 10.6. The quantitative estimate of drug-likeness (QED) is 0.840. The van der Waals surface area contributed by atoms with Crippen LogP contribution in [-0.2, 0) is 6.61 Å². The fourth-order valence-electron chi connectivity index (χ4n) is 1.47. The van der Waals surface area contributed by atoms with Crippen molar-refractivity contribution in [2.45, 2.75) is 6.61 Å². The lowest BCUT2D eigenvalue weighted by Gasteiger charge is -2.07. The maximum absolute atomic E-state index is 9.13. The molecule has 0 radical (unpaired) electrons. The maximum atomic E-state index is 9.13. The molecule has 0 atom stereocenters. The van der Waals surface area contributed by atoms with Crippen LogP contribution in [0.15, 0.2) is 30.5 Å². The molecule has 0 saturated heterocycles. The van der Waals surface area contributed by atoms with E-state index in [2.05, 4.69) is 4.98 Å². The number of halogens is 3. The number of aliphatic hydroxyl groups excluding tert-OH is 1. The van der Waals surface area contributed by atoms with Gasteiger partial charge in [-0.05, 0) is 24.3 Å². The van der Waals surface area contributed by atoms with Gasteiger partial charge in [0.1, 0.15) is 5.15 Å². The van der Waals surface area contributed by atoms with Crippen LogP contribution in [0.1, 0.15) is 5.56 Å². The Morgan fingerprint density at radius 3 is 2.59 bits per heavy atom. The Labute approximate surface area is 114 Å². The predicted octanol–water partition coefficient (Wildman–Crippen LogP) is 4.20. The highest BCUT2D eigenvalue weighted by molar-refractivity contribution is 6.35. The minimum absolute atomic E-state index is 0.169. The van der Waals surface area contributed by atoms with E-state index in [1.165, 1.54) is 0 Å². The molecule has 2 nitrogen and oxygen atoms in total. The van der Waals surface area contributed by atoms with Gasteiger partial charge in [0, 0.05) is 32.9 Å². The highest BCUT2D eigenvalue weighted by Gasteiger charge is 2.08. The Bertz CT molecular complexity index is 557. The molecule has 1 aromatic carbocycles. The summed E-state index contributed by atoms with van der Waals surface area (Å²) in [5.41, 5.74) is 2.09. The van der Waals surface area contributed by atoms with Gasteiger partial charge in [-0.3, -0.25) is 0 Å². The van der Waals surface area contributed by atoms with E-state index in [9.17, 15) is 0 Å². The second-order valence-electron chi connectivity index (χ2n) is 3.46. The highest BCUT2D eigenvalue weighted by atomic mass is 35.5. The summed E-state index contributed by atoms with van der Waals surface area (Å²) in [6.07, 6.45) is 1.60. The zero-order chi connectivity index (χ0) is 12.4. The molecule has 0 bridgehead atoms. The first-order chi connectivity index (χ1) is 8.11. The Kier molecular flexibility index (Phi) is 3.89. The van der Waals surface area contributed by atoms with Gasteiger partial charge < -0.3 is 5.11 Å². The smallest absolute Gasteiger partial charge is 0.134 e. The van der Waals surface area contributed by atoms with Crippen LogP contribution in [0.4, 0.5) is 0 Å². The summed E-state index contributed by atoms with van der Waals surface area (Å²) >= 11 is 17.8. The van der Waals surface area contributed by atoms with Gasteiger partial charge >= 0.3 is 0 Å². The molecule has 0 aliphatic rings. The number of aromatic nitrogens is 1. The largest absolute Gasteiger partial charge is 0.392 e. The van der Waals surface area contributed by atoms with Gasteiger partial charge in [-0.2, -0.15) is 0 Å². The van der Waals surface area contributed by atoms with E-state index in [-0.39, 0.29) is 11.8 Å². The second kappa shape index (κ2) is 5.23. The van der Waals surface area contributed by atoms with Crippen LogP contribution in [0.5, 0.6) is 0 Å². The Morgan fingerprint density at radius 1 is 1.12 bits per heavy atom. The lowest BCUT2D eigenvalue weighted by molar-refractivity contribution is 0.281. The SMILES string of the molecule is OCc1cc(-c2cc(Cl)ccc2Cl)cnc1Cl. The average Bonchev–Trinajstić information content (AvgIpc) is 2.33. The topological polar surface area (TPSA) is 33.1 Å². The minimum atomic E-state index is -0.169. The third-order valence-corrected chi connectivity index (χ3v) is 3.23. The number of rotatable bonds is 2. The zero-order valence-electron chi connectivity index (χ0n) is 8.62. The Balaban J connectivity index is 2.56. The van der Waals surface area contributed by atoms with E-state index in [0.717, 1.165) is 11.1 Å². The van der Waals surface area contributed by atoms with E-state index in [0.29, 0.717) is 15.6 Å². The molecule has 2 aromatic rings. The summed E-state index contributed by atoms with van der Waals surface area (Å²) in [6.45, 7) is -0.169. The summed E-state index contributed by atoms with van der Waals surface area (Å²) in [5, 5.41) is 10.6. The summed E-state index contributed by atoms with van der Waals surface area (Å²) < 4.78 is 0. The molecule has 0 saturated carbocycles. The molecule has 1 heterocycles. The van der Waals surface area contributed by atoms with Gasteiger partial charge in [0.25, 0.3) is 0 Å². The molecular weight excluding hydrogens is 280 g/mol. The number of pyridine rings is 1. The van der Waals surface area contributed by atoms with Crippen LogP contribution in [0.3, 0.4) is 0 Å². The van der Waals surface area contributed by atoms with E-state index in [1.54, 1.807) is 30.5 Å². The monoisotopic (exact) mass is 287 g/mol. The van der Waals surface area contributed by atoms with Crippen molar-refractivity contribution in [2.24, 2.45) is 0 Å². The van der Waals surface area contributed by atoms with E-state index >= 15 is 0 Å². The molecular formula is C12H8Cl3NO. The average molecular weight is 289 g/mol. The Hall–Kier alpha value is -0.800. The van der Waals surface area contributed by atoms with Crippen LogP contribution in [0.25, 0.3) is 11.1 Å². The van der Waals surface area contributed by atoms with Crippen molar-refractivity contribution >= 4 is 34.8 Å². The first-order valence-corrected chi connectivity index (χ1v) is 5.96. The van der Waals surface area contributed by atoms with Crippen LogP contribution in [0.2, 0.25) is 15.2 Å². The zero-order valence-corrected chi connectivity index (χ0v) is 10.9. The van der Waals surface area contributed by atoms with E-state index in [4.69, 9.17) is 39.9 Å². The second-order valence-corrected chi connectivity index (χ2v) is 4.66. The maximum Gasteiger partial charge on any atom is 0.134 e. The van der Waals surface area contributed by atoms with E-state index in [1.807, 2.05) is 0 Å². The van der Waals surface area contributed by atoms with Crippen LogP contribution < -0.4 is 0 Å². The third-order valence-electron chi connectivity index (χ3n) is 2.32. The molecule has 17 heavy (non-hydrogen) atoms. The van der Waals surface area contributed by atoms with Gasteiger partial charge in [-0.15, -0.1) is 0 Å². The lowest BCUT2D eigenvalue weighted by Crippen LogP contribution is -1.90. The number of hydrogen-bond donors (Lipinski definition) is 1. The van der Waals surface area contributed by atoms with E-state index < -0.39 is 0 Å². The number of benzene rings is 1. The standard InChI is InChI=1S/C12H8Cl3NO/c13-9-1-2-11(14)10(4-9)7-3-8(6-17)12(15)16-5-7/h1-5,17H,6H2. The molecule has 0 amide bonds. The van der Waals surface area contributed by atoms with Crippen LogP contribution in [0, 0.1) is 0 Å². The molecule has 0 aliphatic carbocycles. The summed E-state index contributed by atoms with van der Waals surface area (Å²) in [5.74, 6) is 0. The molecule has 0 aliphatic heterocycles. The number of hydrogen-bond acceptors (Lipinski definition) is 2. The molecule has 0 unspecified atom stereocenters. The van der Waals surface area contributed by atoms with Crippen molar-refractivity contribution in [3.63, 3.8) is 0 Å². The fraction of sp³-hybridized carbons (Fsp3) is 0.0833. The first-order valence-electron chi connectivity index (χ1n) is 4.82. The Morgan fingerprint density at radius 2 is 1.88 bits per heavy atom. The highest BCUT2D eigenvalue weighted by Crippen LogP contribution is 2.31. The summed E-state index contributed by atoms with van der Waals surface area (Å²) in [4.78, 5) is 4.00. The van der Waals surface area contributed by atoms with Gasteiger partial charge in [0.15, 0.2) is 0 Å².